The van der Waals surface area contributed by atoms with Crippen LogP contribution in [0.2, 0.25) is 0 Å². The molecule has 25 heavy (non-hydrogen) atoms. The Balaban J connectivity index is 2.02. The number of pyridine rings is 1. The molecule has 0 aliphatic heterocycles. The van der Waals surface area contributed by atoms with E-state index in [0.717, 1.165) is 27.5 Å². The van der Waals surface area contributed by atoms with E-state index in [9.17, 15) is 9.18 Å². The van der Waals surface area contributed by atoms with Crippen molar-refractivity contribution in [2.75, 3.05) is 0 Å². The van der Waals surface area contributed by atoms with Gasteiger partial charge in [-0.2, -0.15) is 0 Å². The molecule has 3 aromatic rings. The zero-order valence-electron chi connectivity index (χ0n) is 14.0. The van der Waals surface area contributed by atoms with Crippen LogP contribution in [0.1, 0.15) is 41.6 Å². The maximum absolute atomic E-state index is 13.5. The van der Waals surface area contributed by atoms with Crippen molar-refractivity contribution < 1.29 is 9.18 Å². The van der Waals surface area contributed by atoms with Gasteiger partial charge in [-0.1, -0.05) is 31.7 Å². The van der Waals surface area contributed by atoms with Gasteiger partial charge in [-0.25, -0.2) is 9.37 Å². The molecular weight excluding hydrogens is 337 g/mol. The lowest BCUT2D eigenvalue weighted by Crippen LogP contribution is -2.09. The molecule has 0 aliphatic rings. The number of aldehydes is 1. The Kier molecular flexibility index (Phi) is 5.28. The predicted octanol–water partition coefficient (Wildman–Crippen LogP) is 4.55. The molecule has 1 aromatic carbocycles. The van der Waals surface area contributed by atoms with E-state index in [-0.39, 0.29) is 11.7 Å². The minimum Gasteiger partial charge on any atom is -0.320 e. The fourth-order valence-corrected chi connectivity index (χ4v) is 3.79. The average Bonchev–Trinajstić information content (AvgIpc) is 2.93. The number of carbonyl (C=O) groups is 1. The van der Waals surface area contributed by atoms with E-state index in [0.29, 0.717) is 12.4 Å². The number of halogens is 1. The van der Waals surface area contributed by atoms with Crippen molar-refractivity contribution in [3.8, 4) is 0 Å². The SMILES string of the molecule is CC(C)c1c(Sc2cccc(F)c2)nc(C=O)n1Cc1ccncc1. The number of carbonyl (C=O) groups excluding carboxylic acids is 1. The normalized spacial score (nSPS) is 11.0. The van der Waals surface area contributed by atoms with Crippen molar-refractivity contribution in [1.29, 1.82) is 0 Å². The molecule has 0 spiro atoms. The van der Waals surface area contributed by atoms with Gasteiger partial charge in [-0.15, -0.1) is 0 Å². The van der Waals surface area contributed by atoms with Crippen LogP contribution < -0.4 is 0 Å². The minimum absolute atomic E-state index is 0.166. The van der Waals surface area contributed by atoms with Crippen LogP contribution in [0, 0.1) is 5.82 Å². The summed E-state index contributed by atoms with van der Waals surface area (Å²) in [4.78, 5) is 20.8. The molecule has 0 radical (unpaired) electrons. The predicted molar refractivity (Wildman–Crippen MR) is 95.6 cm³/mol. The van der Waals surface area contributed by atoms with E-state index >= 15 is 0 Å². The Morgan fingerprint density at radius 2 is 2.00 bits per heavy atom. The summed E-state index contributed by atoms with van der Waals surface area (Å²) >= 11 is 1.37. The number of nitrogens with zero attached hydrogens (tertiary/aromatic N) is 3. The second kappa shape index (κ2) is 7.61. The Bertz CT molecular complexity index is 878. The molecule has 0 N–H and O–H groups in total. The number of rotatable bonds is 6. The second-order valence-corrected chi connectivity index (χ2v) is 7.00. The van der Waals surface area contributed by atoms with Crippen molar-refractivity contribution in [2.24, 2.45) is 0 Å². The van der Waals surface area contributed by atoms with Gasteiger partial charge in [0.15, 0.2) is 12.1 Å². The van der Waals surface area contributed by atoms with Crippen LogP contribution in [0.4, 0.5) is 4.39 Å². The molecular formula is C19H18FN3OS. The van der Waals surface area contributed by atoms with Gasteiger partial charge in [0, 0.05) is 23.8 Å². The Morgan fingerprint density at radius 3 is 2.64 bits per heavy atom. The molecule has 0 unspecified atom stereocenters. The molecule has 2 heterocycles. The third-order valence-electron chi connectivity index (χ3n) is 3.76. The highest BCUT2D eigenvalue weighted by molar-refractivity contribution is 7.99. The molecule has 0 amide bonds. The summed E-state index contributed by atoms with van der Waals surface area (Å²) in [6.45, 7) is 4.66. The van der Waals surface area contributed by atoms with Crippen molar-refractivity contribution >= 4 is 18.0 Å². The third-order valence-corrected chi connectivity index (χ3v) is 4.74. The van der Waals surface area contributed by atoms with Gasteiger partial charge in [0.1, 0.15) is 10.8 Å². The molecule has 3 rings (SSSR count). The summed E-state index contributed by atoms with van der Waals surface area (Å²) in [5.74, 6) is 0.251. The van der Waals surface area contributed by atoms with Crippen LogP contribution in [0.15, 0.2) is 58.7 Å². The molecule has 0 fully saturated rings. The number of imidazole rings is 1. The van der Waals surface area contributed by atoms with Crippen molar-refractivity contribution in [3.63, 3.8) is 0 Å². The highest BCUT2D eigenvalue weighted by Gasteiger charge is 2.20. The van der Waals surface area contributed by atoms with Crippen LogP contribution in [-0.4, -0.2) is 20.8 Å². The van der Waals surface area contributed by atoms with Gasteiger partial charge < -0.3 is 4.57 Å². The molecule has 4 nitrogen and oxygen atoms in total. The summed E-state index contributed by atoms with van der Waals surface area (Å²) < 4.78 is 15.4. The lowest BCUT2D eigenvalue weighted by Gasteiger charge is -2.14. The molecule has 0 atom stereocenters. The van der Waals surface area contributed by atoms with Gasteiger partial charge in [-0.3, -0.25) is 9.78 Å². The zero-order valence-corrected chi connectivity index (χ0v) is 14.8. The Hall–Kier alpha value is -2.47. The van der Waals surface area contributed by atoms with Crippen LogP contribution >= 0.6 is 11.8 Å². The fourth-order valence-electron chi connectivity index (χ4n) is 2.66. The van der Waals surface area contributed by atoms with E-state index < -0.39 is 0 Å². The van der Waals surface area contributed by atoms with Gasteiger partial charge in [0.05, 0.1) is 5.69 Å². The van der Waals surface area contributed by atoms with Crippen molar-refractivity contribution in [3.05, 3.63) is 71.7 Å². The van der Waals surface area contributed by atoms with Crippen molar-refractivity contribution in [2.45, 2.75) is 36.2 Å². The zero-order chi connectivity index (χ0) is 17.8. The smallest absolute Gasteiger partial charge is 0.185 e. The summed E-state index contributed by atoms with van der Waals surface area (Å²) in [7, 11) is 0. The average molecular weight is 355 g/mol. The first-order valence-electron chi connectivity index (χ1n) is 7.96. The van der Waals surface area contributed by atoms with Crippen molar-refractivity contribution in [1.82, 2.24) is 14.5 Å². The van der Waals surface area contributed by atoms with Crippen LogP contribution in [-0.2, 0) is 6.54 Å². The maximum atomic E-state index is 13.5. The highest BCUT2D eigenvalue weighted by atomic mass is 32.2. The Morgan fingerprint density at radius 1 is 1.24 bits per heavy atom. The molecule has 0 saturated carbocycles. The number of benzene rings is 1. The summed E-state index contributed by atoms with van der Waals surface area (Å²) in [6.07, 6.45) is 4.22. The summed E-state index contributed by atoms with van der Waals surface area (Å²) in [6, 6.07) is 10.2. The molecule has 0 bridgehead atoms. The fraction of sp³-hybridized carbons (Fsp3) is 0.211. The van der Waals surface area contributed by atoms with Crippen LogP contribution in [0.5, 0.6) is 0 Å². The first-order chi connectivity index (χ1) is 12.1. The lowest BCUT2D eigenvalue weighted by atomic mass is 10.1. The van der Waals surface area contributed by atoms with E-state index in [4.69, 9.17) is 0 Å². The van der Waals surface area contributed by atoms with Gasteiger partial charge >= 0.3 is 0 Å². The minimum atomic E-state index is -0.289. The van der Waals surface area contributed by atoms with Gasteiger partial charge in [-0.05, 0) is 41.8 Å². The first kappa shape index (κ1) is 17.4. The van der Waals surface area contributed by atoms with Crippen LogP contribution in [0.25, 0.3) is 0 Å². The topological polar surface area (TPSA) is 47.8 Å². The molecule has 128 valence electrons. The van der Waals surface area contributed by atoms with E-state index in [1.165, 1.54) is 23.9 Å². The van der Waals surface area contributed by atoms with Gasteiger partial charge in [0.25, 0.3) is 0 Å². The van der Waals surface area contributed by atoms with E-state index in [2.05, 4.69) is 23.8 Å². The lowest BCUT2D eigenvalue weighted by molar-refractivity contribution is 0.111. The molecule has 0 aliphatic carbocycles. The quantitative estimate of drug-likeness (QED) is 0.609. The second-order valence-electron chi connectivity index (χ2n) is 5.93. The van der Waals surface area contributed by atoms with Gasteiger partial charge in [0.2, 0.25) is 0 Å². The monoisotopic (exact) mass is 355 g/mol. The first-order valence-corrected chi connectivity index (χ1v) is 8.78. The number of hydrogen-bond acceptors (Lipinski definition) is 4. The standard InChI is InChI=1S/C19H18FN3OS/c1-13(2)18-19(25-16-5-3-4-15(20)10-16)22-17(12-24)23(18)11-14-6-8-21-9-7-14/h3-10,12-13H,11H2,1-2H3. The van der Waals surface area contributed by atoms with E-state index in [1.54, 1.807) is 18.5 Å². The molecule has 2 aromatic heterocycles. The highest BCUT2D eigenvalue weighted by Crippen LogP contribution is 2.34. The maximum Gasteiger partial charge on any atom is 0.185 e. The summed E-state index contributed by atoms with van der Waals surface area (Å²) in [5, 5.41) is 0.733. The summed E-state index contributed by atoms with van der Waals surface area (Å²) in [5.41, 5.74) is 2.01. The third kappa shape index (κ3) is 3.96. The largest absolute Gasteiger partial charge is 0.320 e. The Labute approximate surface area is 150 Å². The number of aromatic nitrogens is 3. The number of hydrogen-bond donors (Lipinski definition) is 0. The molecule has 6 heteroatoms. The molecule has 0 saturated heterocycles. The van der Waals surface area contributed by atoms with Crippen LogP contribution in [0.3, 0.4) is 0 Å². The van der Waals surface area contributed by atoms with E-state index in [1.807, 2.05) is 22.8 Å².